The number of nitrogens with zero attached hydrogens (tertiary/aromatic N) is 1. The van der Waals surface area contributed by atoms with Crippen molar-refractivity contribution in [2.45, 2.75) is 20.3 Å². The van der Waals surface area contributed by atoms with Gasteiger partial charge in [-0.25, -0.2) is 4.98 Å². The van der Waals surface area contributed by atoms with Gasteiger partial charge in [-0.1, -0.05) is 54.7 Å². The molecule has 2 aromatic carbocycles. The van der Waals surface area contributed by atoms with E-state index >= 15 is 0 Å². The van der Waals surface area contributed by atoms with Crippen molar-refractivity contribution in [2.24, 2.45) is 5.92 Å². The van der Waals surface area contributed by atoms with Crippen LogP contribution in [0.4, 0.5) is 11.5 Å². The number of phenols is 1. The van der Waals surface area contributed by atoms with Crippen molar-refractivity contribution in [1.29, 1.82) is 5.41 Å². The van der Waals surface area contributed by atoms with Gasteiger partial charge in [0, 0.05) is 11.4 Å². The number of aromatic nitrogens is 2. The van der Waals surface area contributed by atoms with Crippen LogP contribution in [0.15, 0.2) is 35.1 Å². The van der Waals surface area contributed by atoms with E-state index in [-0.39, 0.29) is 45.2 Å². The molecule has 0 atom stereocenters. The molecule has 7 nitrogen and oxygen atoms in total. The molecule has 0 amide bonds. The van der Waals surface area contributed by atoms with Gasteiger partial charge in [0.2, 0.25) is 0 Å². The number of hydrogen-bond acceptors (Lipinski definition) is 6. The number of ether oxygens (including phenoxy) is 1. The van der Waals surface area contributed by atoms with Crippen LogP contribution in [-0.4, -0.2) is 27.9 Å². The third-order valence-corrected chi connectivity index (χ3v) is 5.50. The minimum absolute atomic E-state index is 0.00723. The van der Waals surface area contributed by atoms with E-state index in [1.54, 1.807) is 12.1 Å². The average Bonchev–Trinajstić information content (AvgIpc) is 2.71. The number of halogens is 3. The monoisotopic (exact) mass is 494 g/mol. The summed E-state index contributed by atoms with van der Waals surface area (Å²) in [5, 5.41) is 22.1. The van der Waals surface area contributed by atoms with Gasteiger partial charge in [-0.05, 0) is 35.7 Å². The maximum atomic E-state index is 13.0. The molecule has 0 aliphatic carbocycles. The van der Waals surface area contributed by atoms with Crippen LogP contribution < -0.4 is 15.6 Å². The van der Waals surface area contributed by atoms with Crippen LogP contribution in [0.5, 0.6) is 11.5 Å². The SMILES string of the molecule is COc1cc(Cc2nc(Nc3c(Cl)cc(Cl)cc3Cl)c(C(=N)C(C)C)c(=O)[nH]2)ccc1O. The highest BCUT2D eigenvalue weighted by atomic mass is 35.5. The first-order valence-electron chi connectivity index (χ1n) is 9.60. The summed E-state index contributed by atoms with van der Waals surface area (Å²) in [7, 11) is 1.45. The molecule has 0 aliphatic rings. The molecule has 0 unspecified atom stereocenters. The van der Waals surface area contributed by atoms with Gasteiger partial charge in [0.1, 0.15) is 17.2 Å². The van der Waals surface area contributed by atoms with Crippen LogP contribution in [-0.2, 0) is 6.42 Å². The van der Waals surface area contributed by atoms with Crippen molar-refractivity contribution >= 4 is 52.0 Å². The smallest absolute Gasteiger partial charge is 0.262 e. The van der Waals surface area contributed by atoms with E-state index < -0.39 is 5.56 Å². The number of anilines is 2. The van der Waals surface area contributed by atoms with Crippen LogP contribution in [0.1, 0.15) is 30.8 Å². The fourth-order valence-electron chi connectivity index (χ4n) is 3.04. The Kier molecular flexibility index (Phi) is 7.33. The van der Waals surface area contributed by atoms with E-state index in [9.17, 15) is 9.90 Å². The van der Waals surface area contributed by atoms with Crippen LogP contribution in [0.3, 0.4) is 0 Å². The molecule has 0 fully saturated rings. The zero-order valence-electron chi connectivity index (χ0n) is 17.5. The zero-order chi connectivity index (χ0) is 23.6. The van der Waals surface area contributed by atoms with Crippen molar-refractivity contribution in [3.63, 3.8) is 0 Å². The minimum Gasteiger partial charge on any atom is -0.504 e. The number of nitrogens with one attached hydrogen (secondary N) is 3. The molecule has 3 rings (SSSR count). The van der Waals surface area contributed by atoms with Crippen molar-refractivity contribution in [3.8, 4) is 11.5 Å². The summed E-state index contributed by atoms with van der Waals surface area (Å²) in [4.78, 5) is 20.2. The van der Waals surface area contributed by atoms with E-state index in [2.05, 4.69) is 15.3 Å². The topological polar surface area (TPSA) is 111 Å². The average molecular weight is 496 g/mol. The molecule has 4 N–H and O–H groups in total. The summed E-state index contributed by atoms with van der Waals surface area (Å²) in [6.07, 6.45) is 0.248. The Morgan fingerprint density at radius 3 is 2.47 bits per heavy atom. The van der Waals surface area contributed by atoms with Gasteiger partial charge in [0.05, 0.1) is 28.6 Å². The maximum absolute atomic E-state index is 13.0. The van der Waals surface area contributed by atoms with Crippen LogP contribution in [0.25, 0.3) is 0 Å². The number of hydrogen-bond donors (Lipinski definition) is 4. The number of benzene rings is 2. The number of aromatic amines is 1. The minimum atomic E-state index is -0.469. The Morgan fingerprint density at radius 1 is 1.22 bits per heavy atom. The van der Waals surface area contributed by atoms with Gasteiger partial charge in [-0.15, -0.1) is 0 Å². The van der Waals surface area contributed by atoms with E-state index in [4.69, 9.17) is 44.9 Å². The number of phenolic OH excluding ortho intramolecular Hbond substituents is 1. The summed E-state index contributed by atoms with van der Waals surface area (Å²) >= 11 is 18.6. The van der Waals surface area contributed by atoms with Gasteiger partial charge in [-0.2, -0.15) is 0 Å². The predicted octanol–water partition coefficient (Wildman–Crippen LogP) is 5.80. The second-order valence-electron chi connectivity index (χ2n) is 7.36. The van der Waals surface area contributed by atoms with Gasteiger partial charge < -0.3 is 25.6 Å². The van der Waals surface area contributed by atoms with E-state index in [0.717, 1.165) is 5.56 Å². The molecule has 0 saturated carbocycles. The van der Waals surface area contributed by atoms with Crippen LogP contribution >= 0.6 is 34.8 Å². The second kappa shape index (κ2) is 9.81. The van der Waals surface area contributed by atoms with E-state index in [1.165, 1.54) is 25.3 Å². The lowest BCUT2D eigenvalue weighted by Crippen LogP contribution is -2.26. The Balaban J connectivity index is 2.10. The Bertz CT molecular complexity index is 1220. The largest absolute Gasteiger partial charge is 0.504 e. The van der Waals surface area contributed by atoms with Crippen molar-refractivity contribution in [2.75, 3.05) is 12.4 Å². The highest BCUT2D eigenvalue weighted by Crippen LogP contribution is 2.36. The van der Waals surface area contributed by atoms with Crippen LogP contribution in [0.2, 0.25) is 15.1 Å². The summed E-state index contributed by atoms with van der Waals surface area (Å²) in [6.45, 7) is 3.62. The molecule has 1 aromatic heterocycles. The fraction of sp³-hybridized carbons (Fsp3) is 0.227. The lowest BCUT2D eigenvalue weighted by atomic mass is 10.0. The first-order chi connectivity index (χ1) is 15.1. The number of rotatable bonds is 7. The quantitative estimate of drug-likeness (QED) is 0.309. The molecule has 1 heterocycles. The molecular formula is C22H21Cl3N4O3. The van der Waals surface area contributed by atoms with Crippen molar-refractivity contribution in [1.82, 2.24) is 9.97 Å². The lowest BCUT2D eigenvalue weighted by molar-refractivity contribution is 0.373. The third kappa shape index (κ3) is 5.18. The van der Waals surface area contributed by atoms with Crippen LogP contribution in [0, 0.1) is 11.3 Å². The molecule has 0 spiro atoms. The van der Waals surface area contributed by atoms with Gasteiger partial charge in [0.15, 0.2) is 11.5 Å². The maximum Gasteiger partial charge on any atom is 0.262 e. The number of H-pyrrole nitrogens is 1. The molecule has 0 aliphatic heterocycles. The van der Waals surface area contributed by atoms with E-state index in [1.807, 2.05) is 13.8 Å². The molecule has 168 valence electrons. The molecule has 10 heteroatoms. The lowest BCUT2D eigenvalue weighted by Gasteiger charge is -2.16. The van der Waals surface area contributed by atoms with Crippen molar-refractivity contribution in [3.05, 3.63) is 72.7 Å². The highest BCUT2D eigenvalue weighted by molar-refractivity contribution is 6.41. The highest BCUT2D eigenvalue weighted by Gasteiger charge is 2.21. The fourth-order valence-corrected chi connectivity index (χ4v) is 3.95. The Morgan fingerprint density at radius 2 is 1.88 bits per heavy atom. The van der Waals surface area contributed by atoms with Gasteiger partial charge >= 0.3 is 0 Å². The molecule has 0 saturated heterocycles. The third-order valence-electron chi connectivity index (χ3n) is 4.68. The van der Waals surface area contributed by atoms with E-state index in [0.29, 0.717) is 22.3 Å². The number of methoxy groups -OCH3 is 1. The Labute approximate surface area is 199 Å². The first-order valence-corrected chi connectivity index (χ1v) is 10.7. The molecule has 0 radical (unpaired) electrons. The molecule has 3 aromatic rings. The second-order valence-corrected chi connectivity index (χ2v) is 8.61. The van der Waals surface area contributed by atoms with Gasteiger partial charge in [0.25, 0.3) is 5.56 Å². The normalized spacial score (nSPS) is 11.0. The van der Waals surface area contributed by atoms with Crippen molar-refractivity contribution < 1.29 is 9.84 Å². The molecule has 32 heavy (non-hydrogen) atoms. The summed E-state index contributed by atoms with van der Waals surface area (Å²) in [5.41, 5.74) is 0.812. The summed E-state index contributed by atoms with van der Waals surface area (Å²) in [6, 6.07) is 7.88. The summed E-state index contributed by atoms with van der Waals surface area (Å²) in [5.74, 6) is 0.585. The predicted molar refractivity (Wildman–Crippen MR) is 129 cm³/mol. The zero-order valence-corrected chi connectivity index (χ0v) is 19.8. The molecular weight excluding hydrogens is 475 g/mol. The summed E-state index contributed by atoms with van der Waals surface area (Å²) < 4.78 is 5.14. The first kappa shape index (κ1) is 23.9. The number of aromatic hydroxyl groups is 1. The molecule has 0 bridgehead atoms. The van der Waals surface area contributed by atoms with Gasteiger partial charge in [-0.3, -0.25) is 4.79 Å². The standard InChI is InChI=1S/C22H21Cl3N4O3/c1-10(2)19(26)18-21(29-20-13(24)8-12(23)9-14(20)25)27-17(28-22(18)31)7-11-4-5-15(30)16(6-11)32-3/h4-6,8-10,26,30H,7H2,1-3H3,(H2,27,28,29,31). The Hall–Kier alpha value is -2.74.